The summed E-state index contributed by atoms with van der Waals surface area (Å²) in [4.78, 5) is 33.8. The molecule has 0 fully saturated rings. The molecule has 2 heterocycles. The predicted molar refractivity (Wildman–Crippen MR) is 97.7 cm³/mol. The molecule has 0 N–H and O–H groups in total. The van der Waals surface area contributed by atoms with Crippen LogP contribution in [0.4, 0.5) is 0 Å². The lowest BCUT2D eigenvalue weighted by Gasteiger charge is -2.21. The Kier molecular flexibility index (Phi) is 5.33. The Bertz CT molecular complexity index is 793. The lowest BCUT2D eigenvalue weighted by Crippen LogP contribution is -2.37. The zero-order valence-corrected chi connectivity index (χ0v) is 15.3. The van der Waals surface area contributed by atoms with Crippen molar-refractivity contribution in [1.29, 1.82) is 0 Å². The molecule has 0 aliphatic heterocycles. The normalized spacial score (nSPS) is 13.9. The van der Waals surface area contributed by atoms with E-state index in [1.165, 1.54) is 27.8 Å². The maximum absolute atomic E-state index is 12.9. The Morgan fingerprint density at radius 1 is 1.33 bits per heavy atom. The molecule has 0 aromatic carbocycles. The van der Waals surface area contributed by atoms with Crippen LogP contribution in [0.15, 0.2) is 11.1 Å². The molecule has 1 aliphatic rings. The number of likely N-dealkylation sites (N-methyl/N-ethyl adjacent to an activating group) is 1. The van der Waals surface area contributed by atoms with E-state index >= 15 is 0 Å². The maximum Gasteiger partial charge on any atom is 0.262 e. The number of nitrogens with zero attached hydrogens (tertiary/aromatic N) is 3. The number of aromatic nitrogens is 2. The fourth-order valence-corrected chi connectivity index (χ4v) is 4.57. The second-order valence-electron chi connectivity index (χ2n) is 6.40. The molecule has 5 nitrogen and oxygen atoms in total. The van der Waals surface area contributed by atoms with Crippen LogP contribution in [0.1, 0.15) is 50.0 Å². The van der Waals surface area contributed by atoms with Crippen molar-refractivity contribution < 1.29 is 4.79 Å². The van der Waals surface area contributed by atoms with E-state index < -0.39 is 0 Å². The van der Waals surface area contributed by atoms with Crippen molar-refractivity contribution in [2.24, 2.45) is 0 Å². The van der Waals surface area contributed by atoms with Crippen LogP contribution in [0.5, 0.6) is 0 Å². The highest BCUT2D eigenvalue weighted by Gasteiger charge is 2.21. The van der Waals surface area contributed by atoms with Crippen molar-refractivity contribution in [3.05, 3.63) is 27.1 Å². The minimum atomic E-state index is -0.0562. The number of unbranched alkanes of at least 4 members (excludes halogenated alkanes) is 1. The Hall–Kier alpha value is -1.69. The third kappa shape index (κ3) is 3.24. The molecule has 6 heteroatoms. The summed E-state index contributed by atoms with van der Waals surface area (Å²) in [5.74, 6) is -0.00158. The van der Waals surface area contributed by atoms with Crippen LogP contribution in [0.2, 0.25) is 0 Å². The largest absolute Gasteiger partial charge is 0.341 e. The fourth-order valence-electron chi connectivity index (χ4n) is 3.35. The van der Waals surface area contributed by atoms with E-state index in [4.69, 9.17) is 0 Å². The topological polar surface area (TPSA) is 55.2 Å². The van der Waals surface area contributed by atoms with E-state index in [2.05, 4.69) is 11.9 Å². The summed E-state index contributed by atoms with van der Waals surface area (Å²) in [6, 6.07) is 0. The molecular formula is C18H25N3O2S. The van der Waals surface area contributed by atoms with Crippen LogP contribution in [0.3, 0.4) is 0 Å². The van der Waals surface area contributed by atoms with Gasteiger partial charge in [-0.3, -0.25) is 14.2 Å². The van der Waals surface area contributed by atoms with E-state index in [1.54, 1.807) is 11.3 Å². The van der Waals surface area contributed by atoms with E-state index in [-0.39, 0.29) is 18.0 Å². The SMILES string of the molecule is CCCCN(CC)C(=O)Cn1cnc2sc3c(c2c1=O)CCCC3. The van der Waals surface area contributed by atoms with Crippen LogP contribution in [-0.2, 0) is 24.2 Å². The molecule has 0 saturated heterocycles. The van der Waals surface area contributed by atoms with Crippen molar-refractivity contribution in [1.82, 2.24) is 14.5 Å². The second kappa shape index (κ2) is 7.47. The molecule has 3 rings (SSSR count). The number of thiophene rings is 1. The minimum absolute atomic E-state index is 0.00158. The van der Waals surface area contributed by atoms with Crippen LogP contribution in [0, 0.1) is 0 Å². The van der Waals surface area contributed by atoms with Gasteiger partial charge < -0.3 is 4.90 Å². The molecule has 0 saturated carbocycles. The van der Waals surface area contributed by atoms with E-state index in [0.29, 0.717) is 6.54 Å². The number of carbonyl (C=O) groups is 1. The van der Waals surface area contributed by atoms with Gasteiger partial charge in [-0.25, -0.2) is 4.98 Å². The molecule has 0 atom stereocenters. The number of carbonyl (C=O) groups excluding carboxylic acids is 1. The number of amides is 1. The van der Waals surface area contributed by atoms with Crippen molar-refractivity contribution in [2.45, 2.75) is 58.9 Å². The quantitative estimate of drug-likeness (QED) is 0.807. The molecule has 24 heavy (non-hydrogen) atoms. The third-order valence-corrected chi connectivity index (χ3v) is 5.96. The van der Waals surface area contributed by atoms with E-state index in [1.807, 2.05) is 11.8 Å². The van der Waals surface area contributed by atoms with Crippen LogP contribution in [-0.4, -0.2) is 33.4 Å². The smallest absolute Gasteiger partial charge is 0.262 e. The lowest BCUT2D eigenvalue weighted by molar-refractivity contribution is -0.131. The summed E-state index contributed by atoms with van der Waals surface area (Å²) in [6.45, 7) is 5.61. The van der Waals surface area contributed by atoms with E-state index in [9.17, 15) is 9.59 Å². The Balaban J connectivity index is 1.89. The highest BCUT2D eigenvalue weighted by atomic mass is 32.1. The monoisotopic (exact) mass is 347 g/mol. The number of rotatable bonds is 6. The number of hydrogen-bond donors (Lipinski definition) is 0. The standard InChI is InChI=1S/C18H25N3O2S/c1-3-5-10-20(4-2)15(22)11-21-12-19-17-16(18(21)23)13-8-6-7-9-14(13)24-17/h12H,3-11H2,1-2H3. The van der Waals surface area contributed by atoms with E-state index in [0.717, 1.165) is 48.9 Å². The minimum Gasteiger partial charge on any atom is -0.341 e. The second-order valence-corrected chi connectivity index (χ2v) is 7.48. The molecule has 0 unspecified atom stereocenters. The van der Waals surface area contributed by atoms with Crippen LogP contribution in [0.25, 0.3) is 10.2 Å². The highest BCUT2D eigenvalue weighted by Crippen LogP contribution is 2.33. The zero-order chi connectivity index (χ0) is 17.1. The predicted octanol–water partition coefficient (Wildman–Crippen LogP) is 2.99. The fraction of sp³-hybridized carbons (Fsp3) is 0.611. The Morgan fingerprint density at radius 3 is 2.88 bits per heavy atom. The van der Waals surface area contributed by atoms with Gasteiger partial charge in [-0.05, 0) is 44.6 Å². The molecule has 130 valence electrons. The molecular weight excluding hydrogens is 322 g/mol. The van der Waals surface area contributed by atoms with Gasteiger partial charge in [0.1, 0.15) is 11.4 Å². The molecule has 1 amide bonds. The number of hydrogen-bond acceptors (Lipinski definition) is 4. The van der Waals surface area contributed by atoms with Crippen molar-refractivity contribution in [2.75, 3.05) is 13.1 Å². The number of aryl methyl sites for hydroxylation is 2. The van der Waals surface area contributed by atoms with Gasteiger partial charge in [-0.2, -0.15) is 0 Å². The first-order chi connectivity index (χ1) is 11.7. The Labute approximate surface area is 146 Å². The molecule has 0 bridgehead atoms. The van der Waals surface area contributed by atoms with Gasteiger partial charge in [0, 0.05) is 18.0 Å². The van der Waals surface area contributed by atoms with Gasteiger partial charge in [-0.15, -0.1) is 11.3 Å². The summed E-state index contributed by atoms with van der Waals surface area (Å²) < 4.78 is 1.49. The first-order valence-corrected chi connectivity index (χ1v) is 9.74. The first kappa shape index (κ1) is 17.1. The highest BCUT2D eigenvalue weighted by molar-refractivity contribution is 7.18. The van der Waals surface area contributed by atoms with Crippen molar-refractivity contribution in [3.8, 4) is 0 Å². The summed E-state index contributed by atoms with van der Waals surface area (Å²) in [6.07, 6.45) is 7.92. The van der Waals surface area contributed by atoms with Crippen LogP contribution < -0.4 is 5.56 Å². The zero-order valence-electron chi connectivity index (χ0n) is 14.5. The Morgan fingerprint density at radius 2 is 2.12 bits per heavy atom. The van der Waals surface area contributed by atoms with Gasteiger partial charge in [0.05, 0.1) is 11.7 Å². The van der Waals surface area contributed by atoms with Gasteiger partial charge in [-0.1, -0.05) is 13.3 Å². The average molecular weight is 347 g/mol. The van der Waals surface area contributed by atoms with Gasteiger partial charge in [0.25, 0.3) is 5.56 Å². The molecule has 0 radical (unpaired) electrons. The third-order valence-electron chi connectivity index (χ3n) is 4.76. The summed E-state index contributed by atoms with van der Waals surface area (Å²) in [7, 11) is 0. The average Bonchev–Trinajstić information content (AvgIpc) is 2.97. The van der Waals surface area contributed by atoms with Gasteiger partial charge in [0.2, 0.25) is 5.91 Å². The molecule has 2 aromatic rings. The van der Waals surface area contributed by atoms with Crippen LogP contribution >= 0.6 is 11.3 Å². The first-order valence-electron chi connectivity index (χ1n) is 8.93. The summed E-state index contributed by atoms with van der Waals surface area (Å²) in [5.41, 5.74) is 1.12. The maximum atomic E-state index is 12.9. The van der Waals surface area contributed by atoms with Crippen molar-refractivity contribution >= 4 is 27.5 Å². The lowest BCUT2D eigenvalue weighted by atomic mass is 9.97. The van der Waals surface area contributed by atoms with Gasteiger partial charge in [0.15, 0.2) is 0 Å². The number of fused-ring (bicyclic) bond motifs is 3. The molecule has 2 aromatic heterocycles. The molecule has 0 spiro atoms. The summed E-state index contributed by atoms with van der Waals surface area (Å²) >= 11 is 1.64. The van der Waals surface area contributed by atoms with Crippen molar-refractivity contribution in [3.63, 3.8) is 0 Å². The molecule has 1 aliphatic carbocycles. The summed E-state index contributed by atoms with van der Waals surface area (Å²) in [5, 5.41) is 0.751. The van der Waals surface area contributed by atoms with Gasteiger partial charge >= 0.3 is 0 Å².